The highest BCUT2D eigenvalue weighted by molar-refractivity contribution is 6.75. The second-order valence-electron chi connectivity index (χ2n) is 3.65. The van der Waals surface area contributed by atoms with Gasteiger partial charge in [-0.2, -0.15) is 0 Å². The van der Waals surface area contributed by atoms with E-state index < -0.39 is 8.40 Å². The van der Waals surface area contributed by atoms with Gasteiger partial charge in [0.1, 0.15) is 0 Å². The fourth-order valence-electron chi connectivity index (χ4n) is 1.76. The normalized spacial score (nSPS) is 22.0. The molecule has 0 aromatic rings. The van der Waals surface area contributed by atoms with Crippen LogP contribution in [0.1, 0.15) is 0 Å². The van der Waals surface area contributed by atoms with E-state index in [-0.39, 0.29) is 0 Å². The highest BCUT2D eigenvalue weighted by Gasteiger charge is 2.39. The summed E-state index contributed by atoms with van der Waals surface area (Å²) in [5.41, 5.74) is 0. The van der Waals surface area contributed by atoms with Crippen LogP contribution < -0.4 is 0 Å². The van der Waals surface area contributed by atoms with Gasteiger partial charge < -0.3 is 9.13 Å². The molecule has 0 bridgehead atoms. The maximum atomic E-state index is 2.44. The Bertz CT molecular complexity index is 145. The van der Waals surface area contributed by atoms with Crippen molar-refractivity contribution >= 4 is 8.40 Å². The fourth-order valence-corrected chi connectivity index (χ4v) is 5.27. The Balaban J connectivity index is 2.73. The number of rotatable bonds is 2. The van der Waals surface area contributed by atoms with Gasteiger partial charge in [0.15, 0.2) is 0 Å². The molecule has 3 heteroatoms. The first-order chi connectivity index (χ1) is 5.09. The minimum atomic E-state index is -1.23. The van der Waals surface area contributed by atoms with Crippen molar-refractivity contribution in [2.75, 3.05) is 28.2 Å². The Hall–Kier alpha value is -0.123. The van der Waals surface area contributed by atoms with Crippen molar-refractivity contribution in [3.63, 3.8) is 0 Å². The first-order valence-corrected chi connectivity index (χ1v) is 6.40. The third-order valence-corrected chi connectivity index (χ3v) is 7.83. The predicted octanol–water partition coefficient (Wildman–Crippen LogP) is 1.12. The van der Waals surface area contributed by atoms with Crippen molar-refractivity contribution < 1.29 is 0 Å². The van der Waals surface area contributed by atoms with Gasteiger partial charge in [-0.15, -0.1) is 0 Å². The van der Waals surface area contributed by atoms with Crippen LogP contribution in [0.4, 0.5) is 0 Å². The molecule has 0 amide bonds. The molecule has 1 aliphatic rings. The molecule has 1 aliphatic heterocycles. The van der Waals surface area contributed by atoms with Crippen LogP contribution >= 0.6 is 0 Å². The standard InChI is InChI=1S/C8H18N2Si/c1-9(2)11(10(3)4)7-5-6-8-11/h5-6H,7-8H2,1-4H3. The molecule has 1 heterocycles. The highest BCUT2D eigenvalue weighted by atomic mass is 28.3. The average molecular weight is 170 g/mol. The highest BCUT2D eigenvalue weighted by Crippen LogP contribution is 2.26. The van der Waals surface area contributed by atoms with Gasteiger partial charge in [-0.05, 0) is 40.3 Å². The Morgan fingerprint density at radius 1 is 0.909 bits per heavy atom. The van der Waals surface area contributed by atoms with Gasteiger partial charge in [-0.1, -0.05) is 12.2 Å². The molecule has 64 valence electrons. The van der Waals surface area contributed by atoms with Crippen LogP contribution in [0.2, 0.25) is 12.1 Å². The number of allylic oxidation sites excluding steroid dienone is 2. The molecule has 0 radical (unpaired) electrons. The van der Waals surface area contributed by atoms with Crippen LogP contribution in [-0.2, 0) is 0 Å². The molecule has 0 aromatic heterocycles. The van der Waals surface area contributed by atoms with Crippen LogP contribution in [0.15, 0.2) is 12.2 Å². The van der Waals surface area contributed by atoms with Gasteiger partial charge in [0.25, 0.3) is 0 Å². The molecular formula is C8H18N2Si. The lowest BCUT2D eigenvalue weighted by Gasteiger charge is -2.39. The van der Waals surface area contributed by atoms with Gasteiger partial charge in [-0.3, -0.25) is 0 Å². The second kappa shape index (κ2) is 3.09. The zero-order valence-electron chi connectivity index (χ0n) is 7.96. The minimum Gasteiger partial charge on any atom is -0.317 e. The van der Waals surface area contributed by atoms with Crippen molar-refractivity contribution in [2.24, 2.45) is 0 Å². The van der Waals surface area contributed by atoms with Gasteiger partial charge in [-0.25, -0.2) is 0 Å². The van der Waals surface area contributed by atoms with Crippen molar-refractivity contribution in [1.29, 1.82) is 0 Å². The summed E-state index contributed by atoms with van der Waals surface area (Å²) < 4.78 is 4.88. The summed E-state index contributed by atoms with van der Waals surface area (Å²) in [4.78, 5) is 0. The molecule has 0 fully saturated rings. The molecular weight excluding hydrogens is 152 g/mol. The van der Waals surface area contributed by atoms with E-state index in [1.54, 1.807) is 0 Å². The summed E-state index contributed by atoms with van der Waals surface area (Å²) in [7, 11) is 7.60. The van der Waals surface area contributed by atoms with Gasteiger partial charge >= 0.3 is 0 Å². The lowest BCUT2D eigenvalue weighted by molar-refractivity contribution is 0.486. The first-order valence-electron chi connectivity index (χ1n) is 4.09. The topological polar surface area (TPSA) is 6.48 Å². The zero-order chi connectivity index (χ0) is 8.48. The van der Waals surface area contributed by atoms with Crippen molar-refractivity contribution in [2.45, 2.75) is 12.1 Å². The van der Waals surface area contributed by atoms with Crippen molar-refractivity contribution in [1.82, 2.24) is 9.13 Å². The Morgan fingerprint density at radius 3 is 1.45 bits per heavy atom. The molecule has 0 aromatic carbocycles. The second-order valence-corrected chi connectivity index (χ2v) is 8.22. The van der Waals surface area contributed by atoms with Crippen LogP contribution in [0.25, 0.3) is 0 Å². The summed E-state index contributed by atoms with van der Waals surface area (Å²) in [5, 5.41) is 0. The largest absolute Gasteiger partial charge is 0.317 e. The molecule has 1 rings (SSSR count). The number of hydrogen-bond donors (Lipinski definition) is 0. The third kappa shape index (κ3) is 1.41. The third-order valence-electron chi connectivity index (χ3n) is 2.72. The fraction of sp³-hybridized carbons (Fsp3) is 0.750. The summed E-state index contributed by atoms with van der Waals surface area (Å²) in [6.45, 7) is 0. The Kier molecular flexibility index (Phi) is 2.52. The summed E-state index contributed by atoms with van der Waals surface area (Å²) in [6.07, 6.45) is 4.65. The quantitative estimate of drug-likeness (QED) is 0.453. The van der Waals surface area contributed by atoms with Crippen LogP contribution in [0, 0.1) is 0 Å². The summed E-state index contributed by atoms with van der Waals surface area (Å²) >= 11 is 0. The molecule has 0 saturated carbocycles. The predicted molar refractivity (Wildman–Crippen MR) is 51.9 cm³/mol. The molecule has 0 spiro atoms. The first kappa shape index (κ1) is 8.97. The lowest BCUT2D eigenvalue weighted by Crippen LogP contribution is -2.58. The van der Waals surface area contributed by atoms with Gasteiger partial charge in [0, 0.05) is 0 Å². The molecule has 11 heavy (non-hydrogen) atoms. The SMILES string of the molecule is CN(C)[Si]1(N(C)C)CC=CC1. The van der Waals surface area contributed by atoms with E-state index in [1.807, 2.05) is 0 Å². The van der Waals surface area contributed by atoms with E-state index in [0.717, 1.165) is 0 Å². The van der Waals surface area contributed by atoms with Crippen molar-refractivity contribution in [3.8, 4) is 0 Å². The van der Waals surface area contributed by atoms with Crippen LogP contribution in [0.5, 0.6) is 0 Å². The molecule has 0 N–H and O–H groups in total. The summed E-state index contributed by atoms with van der Waals surface area (Å²) in [6, 6.07) is 2.57. The van der Waals surface area contributed by atoms with E-state index in [4.69, 9.17) is 0 Å². The molecule has 0 saturated heterocycles. The van der Waals surface area contributed by atoms with E-state index in [0.29, 0.717) is 0 Å². The summed E-state index contributed by atoms with van der Waals surface area (Å²) in [5.74, 6) is 0. The average Bonchev–Trinajstić information content (AvgIpc) is 2.34. The number of hydrogen-bond acceptors (Lipinski definition) is 2. The Morgan fingerprint density at radius 2 is 1.27 bits per heavy atom. The van der Waals surface area contributed by atoms with Crippen molar-refractivity contribution in [3.05, 3.63) is 12.2 Å². The maximum Gasteiger partial charge on any atom is 0.213 e. The number of nitrogens with zero attached hydrogens (tertiary/aromatic N) is 2. The monoisotopic (exact) mass is 170 g/mol. The molecule has 2 nitrogen and oxygen atoms in total. The zero-order valence-corrected chi connectivity index (χ0v) is 8.96. The minimum absolute atomic E-state index is 1.23. The molecule has 0 atom stereocenters. The lowest BCUT2D eigenvalue weighted by atomic mass is 10.6. The van der Waals surface area contributed by atoms with Crippen LogP contribution in [0.3, 0.4) is 0 Å². The van der Waals surface area contributed by atoms with Gasteiger partial charge in [0.2, 0.25) is 8.40 Å². The van der Waals surface area contributed by atoms with E-state index >= 15 is 0 Å². The van der Waals surface area contributed by atoms with E-state index in [9.17, 15) is 0 Å². The van der Waals surface area contributed by atoms with Gasteiger partial charge in [0.05, 0.1) is 0 Å². The van der Waals surface area contributed by atoms with E-state index in [2.05, 4.69) is 49.5 Å². The van der Waals surface area contributed by atoms with E-state index in [1.165, 1.54) is 12.1 Å². The smallest absolute Gasteiger partial charge is 0.213 e. The maximum absolute atomic E-state index is 2.44. The van der Waals surface area contributed by atoms with Crippen LogP contribution in [-0.4, -0.2) is 45.7 Å². The molecule has 0 aliphatic carbocycles. The Labute approximate surface area is 70.7 Å². The molecule has 0 unspecified atom stereocenters.